The smallest absolute Gasteiger partial charge is 0.240 e. The van der Waals surface area contributed by atoms with Crippen molar-refractivity contribution in [1.82, 2.24) is 4.98 Å². The lowest BCUT2D eigenvalue weighted by Crippen LogP contribution is -2.14. The van der Waals surface area contributed by atoms with Gasteiger partial charge in [0.1, 0.15) is 4.90 Å². The molecular formula is C13H16N4O2S. The van der Waals surface area contributed by atoms with Gasteiger partial charge in [0.15, 0.2) is 0 Å². The zero-order valence-electron chi connectivity index (χ0n) is 11.0. The van der Waals surface area contributed by atoms with Crippen molar-refractivity contribution in [3.63, 3.8) is 0 Å². The van der Waals surface area contributed by atoms with Crippen LogP contribution >= 0.6 is 0 Å². The highest BCUT2D eigenvalue weighted by Crippen LogP contribution is 2.21. The number of hydrogen-bond donors (Lipinski definition) is 3. The van der Waals surface area contributed by atoms with Crippen molar-refractivity contribution < 1.29 is 8.42 Å². The zero-order chi connectivity index (χ0) is 14.8. The van der Waals surface area contributed by atoms with Crippen molar-refractivity contribution >= 4 is 21.4 Å². The molecule has 106 valence electrons. The second-order valence-corrected chi connectivity index (χ2v) is 5.95. The number of nitrogens with two attached hydrogens (primary N) is 2. The van der Waals surface area contributed by atoms with Crippen molar-refractivity contribution in [2.45, 2.75) is 18.4 Å². The summed E-state index contributed by atoms with van der Waals surface area (Å²) in [5.74, 6) is 0. The molecule has 0 saturated heterocycles. The van der Waals surface area contributed by atoms with Crippen LogP contribution in [0, 0.1) is 6.92 Å². The van der Waals surface area contributed by atoms with Gasteiger partial charge < -0.3 is 11.1 Å². The molecule has 0 saturated carbocycles. The van der Waals surface area contributed by atoms with Gasteiger partial charge in [-0.3, -0.25) is 4.98 Å². The predicted molar refractivity (Wildman–Crippen MR) is 78.5 cm³/mol. The molecule has 0 spiro atoms. The average molecular weight is 292 g/mol. The first-order chi connectivity index (χ1) is 9.36. The molecule has 7 heteroatoms. The number of benzene rings is 1. The van der Waals surface area contributed by atoms with Crippen LogP contribution in [-0.2, 0) is 16.6 Å². The van der Waals surface area contributed by atoms with Crippen molar-refractivity contribution in [3.05, 3.63) is 47.8 Å². The normalized spacial score (nSPS) is 11.3. The monoisotopic (exact) mass is 292 g/mol. The minimum absolute atomic E-state index is 0.0725. The Balaban J connectivity index is 2.14. The molecule has 6 nitrogen and oxygen atoms in total. The van der Waals surface area contributed by atoms with Gasteiger partial charge in [-0.25, -0.2) is 13.6 Å². The summed E-state index contributed by atoms with van der Waals surface area (Å²) in [7, 11) is -3.79. The number of sulfonamides is 1. The Morgan fingerprint density at radius 1 is 1.25 bits per heavy atom. The Labute approximate surface area is 117 Å². The van der Waals surface area contributed by atoms with E-state index in [1.807, 2.05) is 25.1 Å². The Morgan fingerprint density at radius 3 is 2.60 bits per heavy atom. The molecule has 2 rings (SSSR count). The van der Waals surface area contributed by atoms with E-state index in [-0.39, 0.29) is 10.6 Å². The third-order valence-corrected chi connectivity index (χ3v) is 3.72. The summed E-state index contributed by atoms with van der Waals surface area (Å²) in [5.41, 5.74) is 8.34. The summed E-state index contributed by atoms with van der Waals surface area (Å²) in [6, 6.07) is 10.3. The predicted octanol–water partition coefficient (Wildman–Crippen LogP) is 1.23. The summed E-state index contributed by atoms with van der Waals surface area (Å²) < 4.78 is 22.5. The molecule has 0 fully saturated rings. The van der Waals surface area contributed by atoms with E-state index in [0.717, 1.165) is 11.4 Å². The van der Waals surface area contributed by atoms with E-state index in [4.69, 9.17) is 10.9 Å². The second kappa shape index (κ2) is 5.48. The summed E-state index contributed by atoms with van der Waals surface area (Å²) in [6.45, 7) is 2.44. The number of primary sulfonamides is 1. The number of pyridine rings is 1. The molecular weight excluding hydrogens is 276 g/mol. The Bertz CT molecular complexity index is 729. The first-order valence-electron chi connectivity index (χ1n) is 5.95. The number of anilines is 2. The lowest BCUT2D eigenvalue weighted by Gasteiger charge is -2.09. The van der Waals surface area contributed by atoms with Gasteiger partial charge in [0, 0.05) is 11.4 Å². The number of nitrogen functional groups attached to an aromatic ring is 1. The molecule has 1 heterocycles. The van der Waals surface area contributed by atoms with Crippen LogP contribution in [0.2, 0.25) is 0 Å². The molecule has 0 radical (unpaired) electrons. The fraction of sp³-hybridized carbons (Fsp3) is 0.154. The molecule has 0 aliphatic rings. The van der Waals surface area contributed by atoms with Gasteiger partial charge in [-0.05, 0) is 37.3 Å². The quantitative estimate of drug-likeness (QED) is 0.734. The van der Waals surface area contributed by atoms with Crippen LogP contribution in [-0.4, -0.2) is 13.4 Å². The number of nitrogens with zero attached hydrogens (tertiary/aromatic N) is 1. The highest BCUT2D eigenvalue weighted by Gasteiger charge is 2.12. The van der Waals surface area contributed by atoms with Crippen LogP contribution < -0.4 is 16.2 Å². The number of hydrogen-bond acceptors (Lipinski definition) is 5. The molecule has 0 atom stereocenters. The van der Waals surface area contributed by atoms with Gasteiger partial charge >= 0.3 is 0 Å². The lowest BCUT2D eigenvalue weighted by molar-refractivity contribution is 0.598. The van der Waals surface area contributed by atoms with E-state index in [2.05, 4.69) is 10.3 Å². The molecule has 20 heavy (non-hydrogen) atoms. The first-order valence-corrected chi connectivity index (χ1v) is 7.49. The van der Waals surface area contributed by atoms with E-state index < -0.39 is 10.0 Å². The molecule has 5 N–H and O–H groups in total. The van der Waals surface area contributed by atoms with E-state index in [0.29, 0.717) is 12.2 Å². The van der Waals surface area contributed by atoms with Crippen LogP contribution in [0.15, 0.2) is 41.3 Å². The van der Waals surface area contributed by atoms with E-state index in [1.165, 1.54) is 12.1 Å². The highest BCUT2D eigenvalue weighted by molar-refractivity contribution is 7.89. The maximum Gasteiger partial charge on any atom is 0.240 e. The molecule has 0 aliphatic carbocycles. The fourth-order valence-corrected chi connectivity index (χ4v) is 2.45. The summed E-state index contributed by atoms with van der Waals surface area (Å²) in [6.07, 6.45) is 0. The Kier molecular flexibility index (Phi) is 3.91. The minimum atomic E-state index is -3.79. The Hall–Kier alpha value is -2.12. The highest BCUT2D eigenvalue weighted by atomic mass is 32.2. The standard InChI is InChI=1S/C13H16N4O2S/c1-9-3-2-4-11(17-9)8-16-10-5-6-13(12(14)7-10)20(15,18)19/h2-7,16H,8,14H2,1H3,(H2,15,18,19). The van der Waals surface area contributed by atoms with Crippen molar-refractivity contribution in [3.8, 4) is 0 Å². The van der Waals surface area contributed by atoms with E-state index >= 15 is 0 Å². The molecule has 2 aromatic rings. The largest absolute Gasteiger partial charge is 0.398 e. The van der Waals surface area contributed by atoms with Crippen LogP contribution in [0.25, 0.3) is 0 Å². The third-order valence-electron chi connectivity index (χ3n) is 2.74. The molecule has 0 unspecified atom stereocenters. The van der Waals surface area contributed by atoms with Gasteiger partial charge in [-0.1, -0.05) is 6.07 Å². The van der Waals surface area contributed by atoms with Crippen LogP contribution in [0.3, 0.4) is 0 Å². The molecule has 1 aromatic heterocycles. The van der Waals surface area contributed by atoms with Crippen LogP contribution in [0.4, 0.5) is 11.4 Å². The summed E-state index contributed by atoms with van der Waals surface area (Å²) in [4.78, 5) is 4.29. The number of aryl methyl sites for hydroxylation is 1. The van der Waals surface area contributed by atoms with Crippen LogP contribution in [0.1, 0.15) is 11.4 Å². The number of rotatable bonds is 4. The van der Waals surface area contributed by atoms with Crippen molar-refractivity contribution in [2.24, 2.45) is 5.14 Å². The van der Waals surface area contributed by atoms with E-state index in [1.54, 1.807) is 6.07 Å². The lowest BCUT2D eigenvalue weighted by atomic mass is 10.2. The number of nitrogens with one attached hydrogen (secondary N) is 1. The SMILES string of the molecule is Cc1cccc(CNc2ccc(S(N)(=O)=O)c(N)c2)n1. The van der Waals surface area contributed by atoms with Gasteiger partial charge in [0.25, 0.3) is 0 Å². The zero-order valence-corrected chi connectivity index (χ0v) is 11.8. The van der Waals surface area contributed by atoms with Gasteiger partial charge in [0.05, 0.1) is 17.9 Å². The molecule has 1 aromatic carbocycles. The van der Waals surface area contributed by atoms with Gasteiger partial charge in [-0.15, -0.1) is 0 Å². The first kappa shape index (κ1) is 14.3. The molecule has 0 bridgehead atoms. The average Bonchev–Trinajstić information content (AvgIpc) is 2.35. The third kappa shape index (κ3) is 3.46. The summed E-state index contributed by atoms with van der Waals surface area (Å²) in [5, 5.41) is 8.18. The van der Waals surface area contributed by atoms with Gasteiger partial charge in [0.2, 0.25) is 10.0 Å². The number of aromatic nitrogens is 1. The van der Waals surface area contributed by atoms with E-state index in [9.17, 15) is 8.42 Å². The molecule has 0 amide bonds. The van der Waals surface area contributed by atoms with Crippen molar-refractivity contribution in [2.75, 3.05) is 11.1 Å². The Morgan fingerprint density at radius 2 is 2.00 bits per heavy atom. The van der Waals surface area contributed by atoms with Crippen LogP contribution in [0.5, 0.6) is 0 Å². The topological polar surface area (TPSA) is 111 Å². The van der Waals surface area contributed by atoms with Gasteiger partial charge in [-0.2, -0.15) is 0 Å². The van der Waals surface area contributed by atoms with Crippen molar-refractivity contribution in [1.29, 1.82) is 0 Å². The fourth-order valence-electron chi connectivity index (χ4n) is 1.81. The maximum atomic E-state index is 11.2. The maximum absolute atomic E-state index is 11.2. The molecule has 0 aliphatic heterocycles. The second-order valence-electron chi connectivity index (χ2n) is 4.42. The minimum Gasteiger partial charge on any atom is -0.398 e. The summed E-state index contributed by atoms with van der Waals surface area (Å²) >= 11 is 0.